The van der Waals surface area contributed by atoms with Crippen molar-refractivity contribution in [3.8, 4) is 0 Å². The van der Waals surface area contributed by atoms with Gasteiger partial charge in [0, 0.05) is 23.8 Å². The van der Waals surface area contributed by atoms with Gasteiger partial charge < -0.3 is 9.25 Å². The molecule has 5 nitrogen and oxygen atoms in total. The molecule has 0 aliphatic heterocycles. The number of ketones is 1. The molecule has 0 fully saturated rings. The van der Waals surface area contributed by atoms with E-state index in [1.54, 1.807) is 0 Å². The van der Waals surface area contributed by atoms with Gasteiger partial charge in [-0.3, -0.25) is 4.79 Å². The van der Waals surface area contributed by atoms with Crippen LogP contribution < -0.4 is 0 Å². The van der Waals surface area contributed by atoms with E-state index in [-0.39, 0.29) is 11.7 Å². The molecule has 0 N–H and O–H groups in total. The average molecular weight is 468 g/mol. The van der Waals surface area contributed by atoms with E-state index in [0.717, 1.165) is 42.3 Å². The van der Waals surface area contributed by atoms with Gasteiger partial charge in [0.25, 0.3) is 0 Å². The Morgan fingerprint density at radius 2 is 1.97 bits per heavy atom. The number of carbonyl (C=O) groups excluding carboxylic acids is 2. The Kier molecular flexibility index (Phi) is 6.25. The fraction of sp³-hybridized carbons (Fsp3) is 0.300. The minimum atomic E-state index is -0.401. The first-order valence-electron chi connectivity index (χ1n) is 12.2. The molecule has 0 bridgehead atoms. The van der Waals surface area contributed by atoms with E-state index in [1.165, 1.54) is 23.6 Å². The molecule has 2 aromatic carbocycles. The number of oxime groups is 1. The van der Waals surface area contributed by atoms with Crippen LogP contribution in [0.2, 0.25) is 0 Å². The summed E-state index contributed by atoms with van der Waals surface area (Å²) in [5, 5.41) is 5.13. The summed E-state index contributed by atoms with van der Waals surface area (Å²) >= 11 is 0. The molecule has 0 saturated heterocycles. The molecule has 3 aromatic rings. The van der Waals surface area contributed by atoms with Gasteiger partial charge in [-0.05, 0) is 66.5 Å². The molecule has 0 saturated carbocycles. The second-order valence-electron chi connectivity index (χ2n) is 9.81. The summed E-state index contributed by atoms with van der Waals surface area (Å²) in [6, 6.07) is 15.4. The largest absolute Gasteiger partial charge is 0.453 e. The lowest BCUT2D eigenvalue weighted by Gasteiger charge is -2.21. The second kappa shape index (κ2) is 9.49. The standard InChI is InChI=1S/C30H29NO4/c1-18(2)8-13-27(31-35-19(3)32)20-9-11-25-23(14-20)16-24-15-22(10-12-26(24)25)30(33)29-17-21-6-4-5-7-28(21)34-29/h4-7,9-12,15,17-18,20H,8,13-14,16H2,1-3H3/b31-27+. The zero-order valence-corrected chi connectivity index (χ0v) is 20.3. The van der Waals surface area contributed by atoms with E-state index in [2.05, 4.69) is 31.2 Å². The van der Waals surface area contributed by atoms with Gasteiger partial charge in [0.2, 0.25) is 5.78 Å². The molecule has 1 aromatic heterocycles. The van der Waals surface area contributed by atoms with Gasteiger partial charge in [0.05, 0.1) is 5.71 Å². The highest BCUT2D eigenvalue weighted by atomic mass is 16.7. The van der Waals surface area contributed by atoms with Crippen molar-refractivity contribution in [2.75, 3.05) is 0 Å². The summed E-state index contributed by atoms with van der Waals surface area (Å²) in [4.78, 5) is 29.5. The topological polar surface area (TPSA) is 68.9 Å². The van der Waals surface area contributed by atoms with Crippen LogP contribution in [-0.2, 0) is 16.1 Å². The van der Waals surface area contributed by atoms with Gasteiger partial charge in [-0.2, -0.15) is 0 Å². The Hall–Kier alpha value is -3.73. The van der Waals surface area contributed by atoms with E-state index in [0.29, 0.717) is 22.8 Å². The highest BCUT2D eigenvalue weighted by Gasteiger charge is 2.28. The van der Waals surface area contributed by atoms with Crippen molar-refractivity contribution in [1.29, 1.82) is 0 Å². The lowest BCUT2D eigenvalue weighted by atomic mass is 9.85. The van der Waals surface area contributed by atoms with Crippen molar-refractivity contribution in [2.45, 2.75) is 46.5 Å². The maximum atomic E-state index is 13.1. The fourth-order valence-corrected chi connectivity index (χ4v) is 4.92. The van der Waals surface area contributed by atoms with E-state index < -0.39 is 5.97 Å². The molecule has 178 valence electrons. The van der Waals surface area contributed by atoms with Gasteiger partial charge >= 0.3 is 5.97 Å². The predicted octanol–water partition coefficient (Wildman–Crippen LogP) is 6.90. The summed E-state index contributed by atoms with van der Waals surface area (Å²) in [5.41, 5.74) is 7.16. The Bertz CT molecular complexity index is 1370. The molecular formula is C30H29NO4. The van der Waals surface area contributed by atoms with Crippen LogP contribution in [0.4, 0.5) is 0 Å². The van der Waals surface area contributed by atoms with Gasteiger partial charge in [0.15, 0.2) is 5.76 Å². The number of hydrogen-bond acceptors (Lipinski definition) is 5. The number of nitrogens with zero attached hydrogens (tertiary/aromatic N) is 1. The van der Waals surface area contributed by atoms with E-state index in [1.807, 2.05) is 48.5 Å². The van der Waals surface area contributed by atoms with Crippen LogP contribution >= 0.6 is 0 Å². The second-order valence-corrected chi connectivity index (χ2v) is 9.81. The first kappa shape index (κ1) is 23.0. The van der Waals surface area contributed by atoms with Crippen molar-refractivity contribution in [3.63, 3.8) is 0 Å². The van der Waals surface area contributed by atoms with Crippen LogP contribution in [0.1, 0.15) is 67.3 Å². The number of furan rings is 1. The zero-order valence-electron chi connectivity index (χ0n) is 20.3. The number of benzene rings is 2. The molecule has 0 amide bonds. The third kappa shape index (κ3) is 4.76. The van der Waals surface area contributed by atoms with E-state index in [4.69, 9.17) is 9.25 Å². The molecule has 5 rings (SSSR count). The monoisotopic (exact) mass is 467 g/mol. The predicted molar refractivity (Wildman–Crippen MR) is 137 cm³/mol. The van der Waals surface area contributed by atoms with Crippen molar-refractivity contribution in [3.05, 3.63) is 88.7 Å². The number of rotatable bonds is 7. The van der Waals surface area contributed by atoms with E-state index in [9.17, 15) is 9.59 Å². The van der Waals surface area contributed by atoms with Gasteiger partial charge in [-0.15, -0.1) is 0 Å². The number of fused-ring (bicyclic) bond motifs is 3. The molecule has 35 heavy (non-hydrogen) atoms. The average Bonchev–Trinajstić information content (AvgIpc) is 3.43. The number of carbonyl (C=O) groups is 2. The third-order valence-corrected chi connectivity index (χ3v) is 6.75. The quantitative estimate of drug-likeness (QED) is 0.164. The number of hydrogen-bond donors (Lipinski definition) is 0. The van der Waals surface area contributed by atoms with Crippen LogP contribution in [0, 0.1) is 11.8 Å². The summed E-state index contributed by atoms with van der Waals surface area (Å²) in [7, 11) is 0. The number of allylic oxidation sites excluding steroid dienone is 4. The lowest BCUT2D eigenvalue weighted by Crippen LogP contribution is -2.17. The normalized spacial score (nSPS) is 17.1. The van der Waals surface area contributed by atoms with Gasteiger partial charge in [-0.25, -0.2) is 4.79 Å². The highest BCUT2D eigenvalue weighted by Crippen LogP contribution is 2.41. The molecular weight excluding hydrogens is 438 g/mol. The molecule has 5 heteroatoms. The van der Waals surface area contributed by atoms with Gasteiger partial charge in [0.1, 0.15) is 5.58 Å². The fourth-order valence-electron chi connectivity index (χ4n) is 4.92. The summed E-state index contributed by atoms with van der Waals surface area (Å²) < 4.78 is 5.80. The van der Waals surface area contributed by atoms with Crippen molar-refractivity contribution in [1.82, 2.24) is 0 Å². The third-order valence-electron chi connectivity index (χ3n) is 6.75. The van der Waals surface area contributed by atoms with E-state index >= 15 is 0 Å². The van der Waals surface area contributed by atoms with Gasteiger partial charge in [-0.1, -0.05) is 67.1 Å². The van der Waals surface area contributed by atoms with Crippen molar-refractivity contribution in [2.24, 2.45) is 17.0 Å². The smallest absolute Gasteiger partial charge is 0.331 e. The molecule has 2 aliphatic carbocycles. The summed E-state index contributed by atoms with van der Waals surface area (Å²) in [6.07, 6.45) is 7.76. The van der Waals surface area contributed by atoms with Crippen LogP contribution in [0.15, 0.2) is 75.8 Å². The SMILES string of the molecule is CC(=O)O/N=C(\CCC(C)C)C1C=CC2=C(Cc3cc(C(=O)c4cc5ccccc5o4)ccc32)C1. The molecule has 2 aliphatic rings. The first-order valence-corrected chi connectivity index (χ1v) is 12.2. The summed E-state index contributed by atoms with van der Waals surface area (Å²) in [5.74, 6) is 0.503. The number of para-hydroxylation sites is 1. The lowest BCUT2D eigenvalue weighted by molar-refractivity contribution is -0.141. The van der Waals surface area contributed by atoms with Crippen molar-refractivity contribution >= 4 is 34.0 Å². The molecule has 1 unspecified atom stereocenters. The van der Waals surface area contributed by atoms with Crippen LogP contribution in [0.3, 0.4) is 0 Å². The summed E-state index contributed by atoms with van der Waals surface area (Å²) in [6.45, 7) is 5.73. The zero-order chi connectivity index (χ0) is 24.5. The first-order chi connectivity index (χ1) is 16.9. The molecule has 0 radical (unpaired) electrons. The van der Waals surface area contributed by atoms with Crippen LogP contribution in [-0.4, -0.2) is 17.5 Å². The molecule has 0 spiro atoms. The Morgan fingerprint density at radius 3 is 2.74 bits per heavy atom. The Balaban J connectivity index is 1.34. The molecule has 1 heterocycles. The highest BCUT2D eigenvalue weighted by molar-refractivity contribution is 6.09. The van der Waals surface area contributed by atoms with Crippen LogP contribution in [0.25, 0.3) is 16.5 Å². The minimum Gasteiger partial charge on any atom is -0.453 e. The Labute approximate surface area is 205 Å². The maximum Gasteiger partial charge on any atom is 0.331 e. The van der Waals surface area contributed by atoms with Crippen LogP contribution in [0.5, 0.6) is 0 Å². The molecule has 1 atom stereocenters. The Morgan fingerprint density at radius 1 is 1.14 bits per heavy atom. The minimum absolute atomic E-state index is 0.105. The maximum absolute atomic E-state index is 13.1. The van der Waals surface area contributed by atoms with Crippen molar-refractivity contribution < 1.29 is 18.8 Å².